The number of nitrogens with zero attached hydrogens (tertiary/aromatic N) is 3. The van der Waals surface area contributed by atoms with Crippen molar-refractivity contribution in [3.05, 3.63) is 11.6 Å². The van der Waals surface area contributed by atoms with E-state index >= 15 is 0 Å². The highest BCUT2D eigenvalue weighted by Crippen LogP contribution is 2.35. The van der Waals surface area contributed by atoms with Gasteiger partial charge in [-0.3, -0.25) is 4.79 Å². The van der Waals surface area contributed by atoms with Crippen LogP contribution < -0.4 is 11.1 Å². The molecular weight excluding hydrogens is 430 g/mol. The van der Waals surface area contributed by atoms with E-state index in [9.17, 15) is 9.59 Å². The Morgan fingerprint density at radius 2 is 1.76 bits per heavy atom. The van der Waals surface area contributed by atoms with E-state index in [0.29, 0.717) is 23.8 Å². The van der Waals surface area contributed by atoms with Gasteiger partial charge in [0.05, 0.1) is 12.8 Å². The Morgan fingerprint density at radius 1 is 1.12 bits per heavy atom. The number of aldehydes is 1. The summed E-state index contributed by atoms with van der Waals surface area (Å²) in [5.74, 6) is 2.49. The molecule has 4 fully saturated rings. The highest BCUT2D eigenvalue weighted by molar-refractivity contribution is 5.80. The van der Waals surface area contributed by atoms with E-state index in [1.54, 1.807) is 7.11 Å². The predicted octanol–water partition coefficient (Wildman–Crippen LogP) is 3.28. The van der Waals surface area contributed by atoms with Crippen LogP contribution >= 0.6 is 0 Å². The summed E-state index contributed by atoms with van der Waals surface area (Å²) in [5, 5.41) is 2.72. The number of nitrogens with one attached hydrogen (secondary N) is 1. The number of rotatable bonds is 6. The maximum Gasteiger partial charge on any atom is 0.234 e. The van der Waals surface area contributed by atoms with Crippen LogP contribution in [0.2, 0.25) is 0 Å². The SMILES string of the molecule is CC1(NC=O)CC1.COC(/N=C(\C)N1CCN(C)C(C)C1)=C(/N)C1CC1.O=CC1CCCCC1. The number of allylic oxidation sites excluding steroid dienone is 1. The zero-order chi connectivity index (χ0) is 25.1. The molecule has 1 atom stereocenters. The molecule has 1 amide bonds. The Morgan fingerprint density at radius 3 is 2.18 bits per heavy atom. The lowest BCUT2D eigenvalue weighted by Crippen LogP contribution is -2.51. The maximum absolute atomic E-state index is 10.2. The van der Waals surface area contributed by atoms with Gasteiger partial charge >= 0.3 is 0 Å². The van der Waals surface area contributed by atoms with Crippen LogP contribution in [-0.2, 0) is 14.3 Å². The Kier molecular flexibility index (Phi) is 11.4. The summed E-state index contributed by atoms with van der Waals surface area (Å²) in [6.45, 7) is 9.41. The molecule has 4 aliphatic rings. The number of nitrogens with two attached hydrogens (primary N) is 1. The van der Waals surface area contributed by atoms with Crippen LogP contribution in [0.15, 0.2) is 16.6 Å². The zero-order valence-corrected chi connectivity index (χ0v) is 22.0. The van der Waals surface area contributed by atoms with Gasteiger partial charge in [0.2, 0.25) is 12.3 Å². The second-order valence-electron chi connectivity index (χ2n) is 10.5. The number of amides is 1. The fraction of sp³-hybridized carbons (Fsp3) is 0.808. The molecule has 0 bridgehead atoms. The van der Waals surface area contributed by atoms with Crippen molar-refractivity contribution in [1.82, 2.24) is 15.1 Å². The summed E-state index contributed by atoms with van der Waals surface area (Å²) in [6.07, 6.45) is 12.7. The van der Waals surface area contributed by atoms with Gasteiger partial charge in [-0.25, -0.2) is 0 Å². The van der Waals surface area contributed by atoms with Gasteiger partial charge in [0.15, 0.2) is 0 Å². The molecule has 1 heterocycles. The first-order valence-electron chi connectivity index (χ1n) is 12.9. The normalized spacial score (nSPS) is 25.5. The lowest BCUT2D eigenvalue weighted by Gasteiger charge is -2.38. The first-order valence-corrected chi connectivity index (χ1v) is 12.9. The molecule has 0 aromatic heterocycles. The maximum atomic E-state index is 10.2. The van der Waals surface area contributed by atoms with Gasteiger partial charge in [-0.2, -0.15) is 4.99 Å². The summed E-state index contributed by atoms with van der Waals surface area (Å²) in [7, 11) is 3.81. The van der Waals surface area contributed by atoms with E-state index in [0.717, 1.165) is 69.5 Å². The number of methoxy groups -OCH3 is 1. The van der Waals surface area contributed by atoms with E-state index in [2.05, 4.69) is 34.1 Å². The average Bonchev–Trinajstić information content (AvgIpc) is 3.78. The number of amidine groups is 1. The zero-order valence-electron chi connectivity index (χ0n) is 22.0. The number of aliphatic imine (C=N–C) groups is 1. The molecule has 1 aliphatic heterocycles. The first-order chi connectivity index (χ1) is 16.2. The smallest absolute Gasteiger partial charge is 0.234 e. The van der Waals surface area contributed by atoms with Crippen molar-refractivity contribution in [2.75, 3.05) is 33.8 Å². The van der Waals surface area contributed by atoms with Crippen molar-refractivity contribution in [2.45, 2.75) is 90.1 Å². The molecular formula is C26H47N5O3. The molecule has 8 nitrogen and oxygen atoms in total. The number of carbonyl (C=O) groups is 2. The van der Waals surface area contributed by atoms with Crippen LogP contribution in [0.25, 0.3) is 0 Å². The predicted molar refractivity (Wildman–Crippen MR) is 137 cm³/mol. The first kappa shape index (κ1) is 28.1. The van der Waals surface area contributed by atoms with Crippen LogP contribution in [0, 0.1) is 11.8 Å². The highest BCUT2D eigenvalue weighted by Gasteiger charge is 2.36. The molecule has 0 spiro atoms. The molecule has 34 heavy (non-hydrogen) atoms. The molecule has 3 N–H and O–H groups in total. The Balaban J connectivity index is 0.000000222. The molecule has 0 aromatic rings. The fourth-order valence-electron chi connectivity index (χ4n) is 4.10. The minimum Gasteiger partial charge on any atom is -0.480 e. The molecule has 8 heteroatoms. The van der Waals surface area contributed by atoms with Crippen LogP contribution in [0.4, 0.5) is 0 Å². The molecule has 3 saturated carbocycles. The van der Waals surface area contributed by atoms with Crippen molar-refractivity contribution in [1.29, 1.82) is 0 Å². The van der Waals surface area contributed by atoms with E-state index in [4.69, 9.17) is 10.5 Å². The molecule has 194 valence electrons. The van der Waals surface area contributed by atoms with E-state index in [1.807, 2.05) is 13.8 Å². The molecule has 1 saturated heterocycles. The quantitative estimate of drug-likeness (QED) is 0.264. The summed E-state index contributed by atoms with van der Waals surface area (Å²) in [4.78, 5) is 29.2. The molecule has 3 aliphatic carbocycles. The topological polar surface area (TPSA) is 100 Å². The third-order valence-electron chi connectivity index (χ3n) is 7.39. The number of carbonyl (C=O) groups excluding carboxylic acids is 2. The molecule has 4 rings (SSSR count). The average molecular weight is 478 g/mol. The van der Waals surface area contributed by atoms with Crippen molar-refractivity contribution >= 4 is 18.5 Å². The standard InChI is InChI=1S/C14H26N4O.C7H12O.C5H9NO/c1-10-9-18(8-7-17(10)3)11(2)16-14(19-4)13(15)12-5-6-12;8-6-7-4-2-1-3-5-7;1-5(2-3-5)6-4-7/h10,12H,5-9,15H2,1-4H3;6-7H,1-5H2;4H,2-3H2,1H3,(H,6,7)/b14-13+,16-11+;;. The third kappa shape index (κ3) is 9.65. The second-order valence-corrected chi connectivity index (χ2v) is 10.5. The van der Waals surface area contributed by atoms with Gasteiger partial charge in [0.25, 0.3) is 0 Å². The minimum atomic E-state index is 0.182. The van der Waals surface area contributed by atoms with Gasteiger partial charge in [0, 0.05) is 43.1 Å². The van der Waals surface area contributed by atoms with Gasteiger partial charge in [-0.1, -0.05) is 19.3 Å². The lowest BCUT2D eigenvalue weighted by atomic mass is 9.91. The summed E-state index contributed by atoms with van der Waals surface area (Å²) < 4.78 is 5.35. The molecule has 0 radical (unpaired) electrons. The Bertz CT molecular complexity index is 709. The minimum absolute atomic E-state index is 0.182. The van der Waals surface area contributed by atoms with E-state index in [-0.39, 0.29) is 5.54 Å². The summed E-state index contributed by atoms with van der Waals surface area (Å²) in [5.41, 5.74) is 7.07. The van der Waals surface area contributed by atoms with Crippen molar-refractivity contribution in [2.24, 2.45) is 22.6 Å². The van der Waals surface area contributed by atoms with Crippen LogP contribution in [0.3, 0.4) is 0 Å². The van der Waals surface area contributed by atoms with Crippen LogP contribution in [0.5, 0.6) is 0 Å². The molecule has 1 unspecified atom stereocenters. The van der Waals surface area contributed by atoms with Crippen LogP contribution in [0.1, 0.15) is 78.6 Å². The number of hydrogen-bond acceptors (Lipinski definition) is 6. The van der Waals surface area contributed by atoms with Crippen molar-refractivity contribution in [3.8, 4) is 0 Å². The lowest BCUT2D eigenvalue weighted by molar-refractivity contribution is -0.112. The highest BCUT2D eigenvalue weighted by atomic mass is 16.5. The van der Waals surface area contributed by atoms with Gasteiger partial charge in [-0.05, 0) is 66.3 Å². The van der Waals surface area contributed by atoms with Crippen molar-refractivity contribution < 1.29 is 14.3 Å². The van der Waals surface area contributed by atoms with Crippen molar-refractivity contribution in [3.63, 3.8) is 0 Å². The summed E-state index contributed by atoms with van der Waals surface area (Å²) in [6, 6.07) is 0.551. The molecule has 0 aromatic carbocycles. The van der Waals surface area contributed by atoms with Crippen LogP contribution in [-0.4, -0.2) is 73.7 Å². The van der Waals surface area contributed by atoms with Gasteiger partial charge in [-0.15, -0.1) is 0 Å². The van der Waals surface area contributed by atoms with Gasteiger partial charge < -0.3 is 30.4 Å². The number of ether oxygens (including phenoxy) is 1. The van der Waals surface area contributed by atoms with Gasteiger partial charge in [0.1, 0.15) is 12.1 Å². The third-order valence-corrected chi connectivity index (χ3v) is 7.39. The van der Waals surface area contributed by atoms with E-state index < -0.39 is 0 Å². The number of piperazine rings is 1. The number of hydrogen-bond donors (Lipinski definition) is 2. The fourth-order valence-corrected chi connectivity index (χ4v) is 4.10. The Labute approximate surface area is 206 Å². The Hall–Kier alpha value is -2.09. The number of likely N-dealkylation sites (N-methyl/N-ethyl adjacent to an activating group) is 1. The largest absolute Gasteiger partial charge is 0.480 e. The second kappa shape index (κ2) is 13.7. The summed E-state index contributed by atoms with van der Waals surface area (Å²) >= 11 is 0. The monoisotopic (exact) mass is 477 g/mol. The van der Waals surface area contributed by atoms with E-state index in [1.165, 1.54) is 32.1 Å².